The Hall–Kier alpha value is -1.98. The Bertz CT molecular complexity index is 367. The van der Waals surface area contributed by atoms with Gasteiger partial charge in [-0.05, 0) is 27.7 Å². The fraction of sp³-hybridized carbons (Fsp3) is 0.500. The van der Waals surface area contributed by atoms with Gasteiger partial charge in [-0.2, -0.15) is 0 Å². The molecule has 6 heteroatoms. The summed E-state index contributed by atoms with van der Waals surface area (Å²) in [6, 6.07) is 0. The van der Waals surface area contributed by atoms with Gasteiger partial charge in [0.15, 0.2) is 11.6 Å². The number of rotatable bonds is 6. The maximum Gasteiger partial charge on any atom is 0.342 e. The zero-order chi connectivity index (χ0) is 14.3. The van der Waals surface area contributed by atoms with Crippen LogP contribution in [0.15, 0.2) is 11.1 Å². The lowest BCUT2D eigenvalue weighted by Gasteiger charge is -2.09. The van der Waals surface area contributed by atoms with Gasteiger partial charge in [0.1, 0.15) is 11.1 Å². The van der Waals surface area contributed by atoms with Gasteiger partial charge in [0.25, 0.3) is 0 Å². The minimum atomic E-state index is -0.997. The molecule has 0 atom stereocenters. The van der Waals surface area contributed by atoms with Crippen LogP contribution in [0.25, 0.3) is 0 Å². The van der Waals surface area contributed by atoms with E-state index in [0.29, 0.717) is 0 Å². The minimum absolute atomic E-state index is 0.0314. The number of hydrogen-bond donors (Lipinski definition) is 0. The summed E-state index contributed by atoms with van der Waals surface area (Å²) in [5.74, 6) is -3.43. The smallest absolute Gasteiger partial charge is 0.342 e. The van der Waals surface area contributed by atoms with Gasteiger partial charge in [-0.25, -0.2) is 9.59 Å². The Labute approximate surface area is 105 Å². The Morgan fingerprint density at radius 1 is 0.722 bits per heavy atom. The summed E-state index contributed by atoms with van der Waals surface area (Å²) in [6.07, 6.45) is 0. The predicted octanol–water partition coefficient (Wildman–Crippen LogP) is 0.587. The number of carbonyl (C=O) groups is 4. The van der Waals surface area contributed by atoms with Crippen LogP contribution in [0.5, 0.6) is 0 Å². The molecule has 0 unspecified atom stereocenters. The number of hydrogen-bond acceptors (Lipinski definition) is 6. The highest BCUT2D eigenvalue weighted by Gasteiger charge is 2.29. The zero-order valence-corrected chi connectivity index (χ0v) is 10.9. The van der Waals surface area contributed by atoms with Crippen LogP contribution in [0, 0.1) is 0 Å². The van der Waals surface area contributed by atoms with Crippen molar-refractivity contribution < 1.29 is 28.7 Å². The van der Waals surface area contributed by atoms with Gasteiger partial charge < -0.3 is 9.47 Å². The largest absolute Gasteiger partial charge is 0.462 e. The van der Waals surface area contributed by atoms with Crippen LogP contribution in [0.3, 0.4) is 0 Å². The summed E-state index contributed by atoms with van der Waals surface area (Å²) in [5.41, 5.74) is -1.13. The van der Waals surface area contributed by atoms with Gasteiger partial charge >= 0.3 is 11.9 Å². The molecule has 100 valence electrons. The van der Waals surface area contributed by atoms with E-state index in [1.807, 2.05) is 0 Å². The van der Waals surface area contributed by atoms with Gasteiger partial charge in [0, 0.05) is 0 Å². The minimum Gasteiger partial charge on any atom is -0.462 e. The third-order valence-electron chi connectivity index (χ3n) is 1.91. The van der Waals surface area contributed by atoms with Crippen molar-refractivity contribution >= 4 is 23.5 Å². The average Bonchev–Trinajstić information content (AvgIpc) is 2.24. The summed E-state index contributed by atoms with van der Waals surface area (Å²) in [4.78, 5) is 45.9. The fourth-order valence-corrected chi connectivity index (χ4v) is 1.25. The van der Waals surface area contributed by atoms with Crippen LogP contribution >= 0.6 is 0 Å². The first-order valence-corrected chi connectivity index (χ1v) is 5.47. The van der Waals surface area contributed by atoms with E-state index in [2.05, 4.69) is 9.47 Å². The van der Waals surface area contributed by atoms with E-state index < -0.39 is 34.7 Å². The molecule has 0 saturated carbocycles. The molecule has 0 rings (SSSR count). The van der Waals surface area contributed by atoms with E-state index in [9.17, 15) is 19.2 Å². The molecule has 0 amide bonds. The van der Waals surface area contributed by atoms with Gasteiger partial charge in [0.05, 0.1) is 13.2 Å². The molecule has 0 N–H and O–H groups in total. The molecule has 0 aliphatic carbocycles. The molecule has 0 radical (unpaired) electrons. The van der Waals surface area contributed by atoms with Crippen molar-refractivity contribution in [3.8, 4) is 0 Å². The van der Waals surface area contributed by atoms with Crippen LogP contribution in [0.1, 0.15) is 27.7 Å². The molecule has 0 fully saturated rings. The molecular formula is C12H16O6. The van der Waals surface area contributed by atoms with E-state index in [4.69, 9.17) is 0 Å². The molecule has 0 aromatic heterocycles. The molecule has 18 heavy (non-hydrogen) atoms. The van der Waals surface area contributed by atoms with Crippen LogP contribution < -0.4 is 0 Å². The zero-order valence-electron chi connectivity index (χ0n) is 10.9. The van der Waals surface area contributed by atoms with Crippen LogP contribution in [0.4, 0.5) is 0 Å². The third-order valence-corrected chi connectivity index (χ3v) is 1.91. The molecule has 0 aliphatic heterocycles. The molecular weight excluding hydrogens is 240 g/mol. The number of ketones is 2. The molecule has 0 bridgehead atoms. The van der Waals surface area contributed by atoms with Crippen molar-refractivity contribution in [3.63, 3.8) is 0 Å². The molecule has 0 aliphatic rings. The average molecular weight is 256 g/mol. The van der Waals surface area contributed by atoms with Gasteiger partial charge in [0.2, 0.25) is 0 Å². The highest BCUT2D eigenvalue weighted by atomic mass is 16.5. The number of Topliss-reactive ketones (excluding diaryl/α,β-unsaturated/α-hetero) is 2. The summed E-state index contributed by atoms with van der Waals surface area (Å²) in [7, 11) is 0. The first-order chi connectivity index (χ1) is 8.36. The van der Waals surface area contributed by atoms with Crippen LogP contribution in [-0.2, 0) is 28.7 Å². The van der Waals surface area contributed by atoms with Crippen molar-refractivity contribution in [2.75, 3.05) is 13.2 Å². The van der Waals surface area contributed by atoms with Crippen LogP contribution in [-0.4, -0.2) is 36.7 Å². The van der Waals surface area contributed by atoms with E-state index in [1.54, 1.807) is 13.8 Å². The highest BCUT2D eigenvalue weighted by molar-refractivity contribution is 6.29. The molecule has 0 aromatic carbocycles. The van der Waals surface area contributed by atoms with Crippen molar-refractivity contribution in [2.24, 2.45) is 0 Å². The standard InChI is InChI=1S/C12H16O6/c1-5-17-11(15)9(7(3)13)10(8(4)14)12(16)18-6-2/h5-6H2,1-4H3/b10-9-. The lowest BCUT2D eigenvalue weighted by Crippen LogP contribution is -2.24. The predicted molar refractivity (Wildman–Crippen MR) is 61.7 cm³/mol. The van der Waals surface area contributed by atoms with E-state index in [1.165, 1.54) is 0 Å². The molecule has 0 spiro atoms. The molecule has 0 aromatic rings. The van der Waals surface area contributed by atoms with Gasteiger partial charge in [-0.15, -0.1) is 0 Å². The normalized spacial score (nSPS) is 11.3. The van der Waals surface area contributed by atoms with Crippen molar-refractivity contribution in [1.29, 1.82) is 0 Å². The monoisotopic (exact) mass is 256 g/mol. The quantitative estimate of drug-likeness (QED) is 0.299. The van der Waals surface area contributed by atoms with E-state index >= 15 is 0 Å². The topological polar surface area (TPSA) is 86.7 Å². The Balaban J connectivity index is 5.73. The first-order valence-electron chi connectivity index (χ1n) is 5.47. The van der Waals surface area contributed by atoms with E-state index in [-0.39, 0.29) is 13.2 Å². The maximum atomic E-state index is 11.6. The lowest BCUT2D eigenvalue weighted by atomic mass is 10.0. The maximum absolute atomic E-state index is 11.6. The van der Waals surface area contributed by atoms with Crippen molar-refractivity contribution in [3.05, 3.63) is 11.1 Å². The second kappa shape index (κ2) is 7.37. The summed E-state index contributed by atoms with van der Waals surface area (Å²) >= 11 is 0. The summed E-state index contributed by atoms with van der Waals surface area (Å²) in [5, 5.41) is 0. The van der Waals surface area contributed by atoms with Crippen LogP contribution in [0.2, 0.25) is 0 Å². The van der Waals surface area contributed by atoms with Gasteiger partial charge in [-0.1, -0.05) is 0 Å². The molecule has 0 heterocycles. The third kappa shape index (κ3) is 4.12. The van der Waals surface area contributed by atoms with Crippen molar-refractivity contribution in [1.82, 2.24) is 0 Å². The van der Waals surface area contributed by atoms with Gasteiger partial charge in [-0.3, -0.25) is 9.59 Å². The van der Waals surface area contributed by atoms with E-state index in [0.717, 1.165) is 13.8 Å². The van der Waals surface area contributed by atoms with Crippen molar-refractivity contribution in [2.45, 2.75) is 27.7 Å². The molecule has 0 saturated heterocycles. The molecule has 6 nitrogen and oxygen atoms in total. The highest BCUT2D eigenvalue weighted by Crippen LogP contribution is 2.12. The Morgan fingerprint density at radius 3 is 1.17 bits per heavy atom. The fourth-order valence-electron chi connectivity index (χ4n) is 1.25. The first kappa shape index (κ1) is 16.0. The number of ether oxygens (including phenoxy) is 2. The number of carbonyl (C=O) groups excluding carboxylic acids is 4. The second-order valence-electron chi connectivity index (χ2n) is 3.30. The lowest BCUT2D eigenvalue weighted by molar-refractivity contribution is -0.144. The Kier molecular flexibility index (Phi) is 6.56. The number of esters is 2. The second-order valence-corrected chi connectivity index (χ2v) is 3.30. The summed E-state index contributed by atoms with van der Waals surface area (Å²) < 4.78 is 9.29. The summed E-state index contributed by atoms with van der Waals surface area (Å²) in [6.45, 7) is 5.32. The Morgan fingerprint density at radius 2 is 1.00 bits per heavy atom. The SMILES string of the molecule is CCOC(=O)/C(C(C)=O)=C(/C(C)=O)C(=O)OCC.